The maximum atomic E-state index is 12.7. The molecule has 1 amide bonds. The lowest BCUT2D eigenvalue weighted by molar-refractivity contribution is -0.117. The summed E-state index contributed by atoms with van der Waals surface area (Å²) in [6.07, 6.45) is 4.89. The van der Waals surface area contributed by atoms with E-state index < -0.39 is 0 Å². The molecular weight excluding hydrogens is 461 g/mol. The monoisotopic (exact) mass is 489 g/mol. The summed E-state index contributed by atoms with van der Waals surface area (Å²) in [6, 6.07) is 19.8. The lowest BCUT2D eigenvalue weighted by Gasteiger charge is -2.35. The Morgan fingerprint density at radius 1 is 0.929 bits per heavy atom. The molecule has 2 aliphatic rings. The van der Waals surface area contributed by atoms with Gasteiger partial charge in [0, 0.05) is 22.2 Å². The van der Waals surface area contributed by atoms with Gasteiger partial charge in [-0.15, -0.1) is 0 Å². The fraction of sp³-hybridized carbons (Fsp3) is 0.435. The first-order valence-electron chi connectivity index (χ1n) is 10.3. The zero-order chi connectivity index (χ0) is 19.3. The summed E-state index contributed by atoms with van der Waals surface area (Å²) in [5.74, 6) is 0.101. The molecule has 148 valence electrons. The Labute approximate surface area is 181 Å². The maximum absolute atomic E-state index is 12.7. The molecule has 0 aromatic heterocycles. The van der Waals surface area contributed by atoms with Gasteiger partial charge < -0.3 is 5.32 Å². The molecule has 5 heteroatoms. The van der Waals surface area contributed by atoms with E-state index in [0.29, 0.717) is 18.6 Å². The van der Waals surface area contributed by atoms with Crippen LogP contribution in [0, 0.1) is 3.57 Å². The molecule has 1 N–H and O–H groups in total. The van der Waals surface area contributed by atoms with Gasteiger partial charge in [-0.2, -0.15) is 0 Å². The number of nitrogens with one attached hydrogen (secondary N) is 1. The third-order valence-corrected chi connectivity index (χ3v) is 6.94. The summed E-state index contributed by atoms with van der Waals surface area (Å²) >= 11 is 2.27. The van der Waals surface area contributed by atoms with E-state index in [0.717, 1.165) is 28.9 Å². The predicted molar refractivity (Wildman–Crippen MR) is 122 cm³/mol. The quantitative estimate of drug-likeness (QED) is 0.613. The third-order valence-electron chi connectivity index (χ3n) is 6.00. The fourth-order valence-electron chi connectivity index (χ4n) is 4.72. The highest BCUT2D eigenvalue weighted by Gasteiger charge is 2.38. The van der Waals surface area contributed by atoms with E-state index >= 15 is 0 Å². The molecule has 0 aliphatic carbocycles. The van der Waals surface area contributed by atoms with Crippen molar-refractivity contribution in [3.8, 4) is 0 Å². The van der Waals surface area contributed by atoms with Crippen molar-refractivity contribution in [2.24, 2.45) is 0 Å². The van der Waals surface area contributed by atoms with E-state index in [2.05, 4.69) is 68.0 Å². The van der Waals surface area contributed by atoms with E-state index in [1.165, 1.54) is 31.2 Å². The number of nitrogens with zero attached hydrogens (tertiary/aromatic N) is 2. The second-order valence-corrected chi connectivity index (χ2v) is 9.04. The van der Waals surface area contributed by atoms with Gasteiger partial charge in [-0.25, -0.2) is 0 Å². The van der Waals surface area contributed by atoms with E-state index in [9.17, 15) is 4.79 Å². The highest BCUT2D eigenvalue weighted by molar-refractivity contribution is 14.1. The number of likely N-dealkylation sites (tertiary alicyclic amines) is 2. The minimum absolute atomic E-state index is 0.101. The van der Waals surface area contributed by atoms with Crippen molar-refractivity contribution >= 4 is 34.2 Å². The van der Waals surface area contributed by atoms with Gasteiger partial charge in [0.25, 0.3) is 0 Å². The number of carbonyl (C=O) groups is 1. The zero-order valence-corrected chi connectivity index (χ0v) is 18.3. The van der Waals surface area contributed by atoms with Gasteiger partial charge in [0.1, 0.15) is 0 Å². The average Bonchev–Trinajstić information content (AvgIpc) is 3.33. The van der Waals surface area contributed by atoms with Gasteiger partial charge in [-0.05, 0) is 79.1 Å². The van der Waals surface area contributed by atoms with Crippen molar-refractivity contribution in [3.63, 3.8) is 0 Å². The van der Waals surface area contributed by atoms with Crippen molar-refractivity contribution in [1.82, 2.24) is 9.80 Å². The minimum Gasteiger partial charge on any atom is -0.324 e. The molecule has 2 aliphatic heterocycles. The molecule has 0 spiro atoms. The van der Waals surface area contributed by atoms with E-state index in [4.69, 9.17) is 0 Å². The Morgan fingerprint density at radius 3 is 2.32 bits per heavy atom. The van der Waals surface area contributed by atoms with Crippen LogP contribution in [0.25, 0.3) is 0 Å². The molecule has 2 unspecified atom stereocenters. The Balaban J connectivity index is 1.38. The summed E-state index contributed by atoms with van der Waals surface area (Å²) in [4.78, 5) is 17.7. The molecule has 2 aromatic carbocycles. The van der Waals surface area contributed by atoms with Gasteiger partial charge in [-0.3, -0.25) is 14.6 Å². The predicted octanol–water partition coefficient (Wildman–Crippen LogP) is 4.36. The van der Waals surface area contributed by atoms with Gasteiger partial charge in [0.2, 0.25) is 5.91 Å². The van der Waals surface area contributed by atoms with Crippen LogP contribution in [-0.2, 0) is 11.3 Å². The number of halogens is 1. The fourth-order valence-corrected chi connectivity index (χ4v) is 5.24. The first-order chi connectivity index (χ1) is 13.7. The summed E-state index contributed by atoms with van der Waals surface area (Å²) in [7, 11) is 0. The van der Waals surface area contributed by atoms with Gasteiger partial charge >= 0.3 is 0 Å². The summed E-state index contributed by atoms with van der Waals surface area (Å²) in [6.45, 7) is 3.70. The smallest absolute Gasteiger partial charge is 0.238 e. The highest BCUT2D eigenvalue weighted by Crippen LogP contribution is 2.31. The number of hydrogen-bond donors (Lipinski definition) is 1. The summed E-state index contributed by atoms with van der Waals surface area (Å²) in [5.41, 5.74) is 2.30. The van der Waals surface area contributed by atoms with Crippen LogP contribution in [0.5, 0.6) is 0 Å². The number of carbonyl (C=O) groups excluding carboxylic acids is 1. The normalized spacial score (nSPS) is 23.2. The molecule has 4 rings (SSSR count). The number of hydrogen-bond acceptors (Lipinski definition) is 3. The molecule has 28 heavy (non-hydrogen) atoms. The standard InChI is InChI=1S/C23H28IN3O/c24-19-10-4-5-11-20(19)25-23(28)17-27-15-7-13-22(27)21-12-6-14-26(21)16-18-8-2-1-3-9-18/h1-5,8-11,21-22H,6-7,12-17H2,(H,25,28). The van der Waals surface area contributed by atoms with Crippen molar-refractivity contribution in [1.29, 1.82) is 0 Å². The number of rotatable bonds is 6. The molecule has 0 radical (unpaired) electrons. The average molecular weight is 489 g/mol. The summed E-state index contributed by atoms with van der Waals surface area (Å²) in [5, 5.41) is 3.10. The minimum atomic E-state index is 0.101. The number of anilines is 1. The molecule has 2 fully saturated rings. The Bertz CT molecular complexity index is 797. The Morgan fingerprint density at radius 2 is 1.57 bits per heavy atom. The van der Waals surface area contributed by atoms with Gasteiger partial charge in [0.05, 0.1) is 12.2 Å². The molecule has 2 atom stereocenters. The van der Waals surface area contributed by atoms with Crippen LogP contribution in [0.2, 0.25) is 0 Å². The highest BCUT2D eigenvalue weighted by atomic mass is 127. The van der Waals surface area contributed by atoms with Crippen molar-refractivity contribution in [2.45, 2.75) is 44.3 Å². The molecule has 0 bridgehead atoms. The molecular formula is C23H28IN3O. The zero-order valence-electron chi connectivity index (χ0n) is 16.2. The first kappa shape index (κ1) is 19.9. The van der Waals surface area contributed by atoms with Crippen LogP contribution in [-0.4, -0.2) is 47.4 Å². The SMILES string of the molecule is O=C(CN1CCCC1C1CCCN1Cc1ccccc1)Nc1ccccc1I. The topological polar surface area (TPSA) is 35.6 Å². The second kappa shape index (κ2) is 9.37. The molecule has 2 saturated heterocycles. The van der Waals surface area contributed by atoms with Crippen molar-refractivity contribution in [3.05, 3.63) is 63.7 Å². The van der Waals surface area contributed by atoms with E-state index in [-0.39, 0.29) is 5.91 Å². The summed E-state index contributed by atoms with van der Waals surface area (Å²) < 4.78 is 1.08. The van der Waals surface area contributed by atoms with Gasteiger partial charge in [-0.1, -0.05) is 42.5 Å². The first-order valence-corrected chi connectivity index (χ1v) is 11.3. The van der Waals surface area contributed by atoms with Crippen molar-refractivity contribution in [2.75, 3.05) is 25.0 Å². The maximum Gasteiger partial charge on any atom is 0.238 e. The van der Waals surface area contributed by atoms with Crippen LogP contribution in [0.3, 0.4) is 0 Å². The number of benzene rings is 2. The lowest BCUT2D eigenvalue weighted by atomic mass is 10.0. The van der Waals surface area contributed by atoms with E-state index in [1.54, 1.807) is 0 Å². The van der Waals surface area contributed by atoms with E-state index in [1.807, 2.05) is 24.3 Å². The van der Waals surface area contributed by atoms with Crippen LogP contribution in [0.4, 0.5) is 5.69 Å². The van der Waals surface area contributed by atoms with Crippen LogP contribution >= 0.6 is 22.6 Å². The van der Waals surface area contributed by atoms with Crippen LogP contribution in [0.1, 0.15) is 31.2 Å². The lowest BCUT2D eigenvalue weighted by Crippen LogP contribution is -2.48. The molecule has 2 aromatic rings. The van der Waals surface area contributed by atoms with Crippen LogP contribution < -0.4 is 5.32 Å². The number of para-hydroxylation sites is 1. The van der Waals surface area contributed by atoms with Crippen molar-refractivity contribution < 1.29 is 4.79 Å². The van der Waals surface area contributed by atoms with Crippen LogP contribution in [0.15, 0.2) is 54.6 Å². The largest absolute Gasteiger partial charge is 0.324 e. The Kier molecular flexibility index (Phi) is 6.65. The Hall–Kier alpha value is -1.44. The molecule has 2 heterocycles. The third kappa shape index (κ3) is 4.75. The number of amides is 1. The second-order valence-electron chi connectivity index (χ2n) is 7.87. The van der Waals surface area contributed by atoms with Gasteiger partial charge in [0.15, 0.2) is 0 Å². The molecule has 0 saturated carbocycles. The molecule has 4 nitrogen and oxygen atoms in total.